The Hall–Kier alpha value is -2.84. The number of cyclic esters (lactones) is 1. The molecule has 9 heteroatoms. The zero-order valence-electron chi connectivity index (χ0n) is 14.9. The van der Waals surface area contributed by atoms with Gasteiger partial charge in [0.05, 0.1) is 35.6 Å². The highest BCUT2D eigenvalue weighted by Gasteiger charge is 2.43. The van der Waals surface area contributed by atoms with Crippen LogP contribution in [0.2, 0.25) is 0 Å². The third-order valence-corrected chi connectivity index (χ3v) is 4.71. The lowest BCUT2D eigenvalue weighted by atomic mass is 9.78. The monoisotopic (exact) mass is 399 g/mol. The molecule has 0 spiro atoms. The molecule has 28 heavy (non-hydrogen) atoms. The van der Waals surface area contributed by atoms with Gasteiger partial charge in [0.1, 0.15) is 19.1 Å². The van der Waals surface area contributed by atoms with E-state index in [-0.39, 0.29) is 46.7 Å². The summed E-state index contributed by atoms with van der Waals surface area (Å²) in [5.41, 5.74) is -0.0361. The molecule has 0 saturated heterocycles. The molecule has 0 saturated carbocycles. The second-order valence-electron chi connectivity index (χ2n) is 6.28. The minimum absolute atomic E-state index is 0.0153. The lowest BCUT2D eigenvalue weighted by Gasteiger charge is -2.29. The number of benzene rings is 1. The Bertz CT molecular complexity index is 879. The van der Waals surface area contributed by atoms with Gasteiger partial charge in [-0.3, -0.25) is 0 Å². The number of nitrogens with one attached hydrogen (secondary N) is 1. The van der Waals surface area contributed by atoms with Gasteiger partial charge in [-0.15, -0.1) is 0 Å². The molecular formula is C19H17F4NO4. The number of carbonyl (C=O) groups is 2. The summed E-state index contributed by atoms with van der Waals surface area (Å²) in [6.07, 6.45) is -3.59. The number of hydrogen-bond donors (Lipinski definition) is 1. The Morgan fingerprint density at radius 2 is 2.14 bits per heavy atom. The van der Waals surface area contributed by atoms with Crippen LogP contribution in [0, 0.1) is 5.82 Å². The molecule has 2 aliphatic rings. The van der Waals surface area contributed by atoms with E-state index in [0.29, 0.717) is 0 Å². The molecule has 0 aliphatic carbocycles. The molecular weight excluding hydrogens is 382 g/mol. The van der Waals surface area contributed by atoms with E-state index in [1.165, 1.54) is 12.1 Å². The van der Waals surface area contributed by atoms with Crippen LogP contribution in [-0.4, -0.2) is 38.8 Å². The highest BCUT2D eigenvalue weighted by molar-refractivity contribution is 6.01. The van der Waals surface area contributed by atoms with Gasteiger partial charge in [0.25, 0.3) is 0 Å². The fraction of sp³-hybridized carbons (Fsp3) is 0.368. The van der Waals surface area contributed by atoms with E-state index in [1.54, 1.807) is 0 Å². The van der Waals surface area contributed by atoms with E-state index in [4.69, 9.17) is 9.47 Å². The predicted molar refractivity (Wildman–Crippen MR) is 89.6 cm³/mol. The van der Waals surface area contributed by atoms with E-state index < -0.39 is 43.2 Å². The summed E-state index contributed by atoms with van der Waals surface area (Å²) in [6.45, 7) is -1.24. The number of halogens is 4. The van der Waals surface area contributed by atoms with Crippen molar-refractivity contribution >= 4 is 11.9 Å². The third kappa shape index (κ3) is 3.48. The van der Waals surface area contributed by atoms with Gasteiger partial charge in [-0.1, -0.05) is 12.1 Å². The summed E-state index contributed by atoms with van der Waals surface area (Å²) >= 11 is 0. The van der Waals surface area contributed by atoms with E-state index in [9.17, 15) is 27.2 Å². The number of dihydropyridines is 1. The van der Waals surface area contributed by atoms with Crippen LogP contribution in [0.5, 0.6) is 0 Å². The third-order valence-electron chi connectivity index (χ3n) is 4.71. The number of alkyl halides is 3. The van der Waals surface area contributed by atoms with E-state index in [1.807, 2.05) is 0 Å². The maximum Gasteiger partial charge on any atom is 0.337 e. The summed E-state index contributed by atoms with van der Waals surface area (Å²) in [5.74, 6) is -3.61. The quantitative estimate of drug-likeness (QED) is 0.589. The van der Waals surface area contributed by atoms with Gasteiger partial charge in [0, 0.05) is 6.42 Å². The van der Waals surface area contributed by atoms with Crippen molar-refractivity contribution in [3.8, 4) is 0 Å². The van der Waals surface area contributed by atoms with Crippen molar-refractivity contribution in [3.63, 3.8) is 0 Å². The van der Waals surface area contributed by atoms with Gasteiger partial charge in [0.15, 0.2) is 0 Å². The summed E-state index contributed by atoms with van der Waals surface area (Å²) in [7, 11) is 1.09. The highest BCUT2D eigenvalue weighted by Crippen LogP contribution is 2.43. The zero-order chi connectivity index (χ0) is 20.4. The van der Waals surface area contributed by atoms with E-state index >= 15 is 0 Å². The average molecular weight is 399 g/mol. The number of rotatable bonds is 6. The standard InChI is InChI=1S/C19H17F4NO4/c1-27-18(25)16-12(7-20)24-13-8-28-19(26)17(13)15(16)10-3-2-4-11(21)9(10)5-6-14(22)23/h2-4,14-15,24H,5-8H2,1H3. The number of ether oxygens (including phenoxy) is 2. The Morgan fingerprint density at radius 1 is 1.39 bits per heavy atom. The van der Waals surface area contributed by atoms with Crippen LogP contribution < -0.4 is 5.32 Å². The van der Waals surface area contributed by atoms with Gasteiger partial charge < -0.3 is 14.8 Å². The first-order chi connectivity index (χ1) is 13.4. The van der Waals surface area contributed by atoms with Gasteiger partial charge in [-0.25, -0.2) is 27.2 Å². The van der Waals surface area contributed by atoms with Crippen LogP contribution in [0.15, 0.2) is 40.7 Å². The molecule has 0 aromatic heterocycles. The lowest BCUT2D eigenvalue weighted by molar-refractivity contribution is -0.136. The molecule has 1 unspecified atom stereocenters. The van der Waals surface area contributed by atoms with Crippen LogP contribution in [0.4, 0.5) is 17.6 Å². The first-order valence-electron chi connectivity index (χ1n) is 8.49. The van der Waals surface area contributed by atoms with Crippen molar-refractivity contribution in [2.24, 2.45) is 0 Å². The van der Waals surface area contributed by atoms with Crippen LogP contribution >= 0.6 is 0 Å². The maximum atomic E-state index is 14.5. The second kappa shape index (κ2) is 8.04. The number of methoxy groups -OCH3 is 1. The Kier molecular flexibility index (Phi) is 5.71. The van der Waals surface area contributed by atoms with Crippen LogP contribution in [0.1, 0.15) is 23.5 Å². The van der Waals surface area contributed by atoms with Gasteiger partial charge in [0.2, 0.25) is 6.43 Å². The molecule has 1 aromatic carbocycles. The highest BCUT2D eigenvalue weighted by atomic mass is 19.3. The first-order valence-corrected chi connectivity index (χ1v) is 8.49. The molecule has 0 fully saturated rings. The fourth-order valence-corrected chi connectivity index (χ4v) is 3.51. The SMILES string of the molecule is COC(=O)C1=C(CF)NC2=C(C(=O)OC2)C1c1cccc(F)c1CCC(F)F. The lowest BCUT2D eigenvalue weighted by Crippen LogP contribution is -2.32. The number of carbonyl (C=O) groups excluding carboxylic acids is 2. The molecule has 1 aromatic rings. The van der Waals surface area contributed by atoms with Crippen molar-refractivity contribution in [3.05, 3.63) is 57.7 Å². The average Bonchev–Trinajstić information content (AvgIpc) is 3.05. The number of esters is 2. The summed E-state index contributed by atoms with van der Waals surface area (Å²) in [4.78, 5) is 24.7. The maximum absolute atomic E-state index is 14.5. The Balaban J connectivity index is 2.21. The normalized spacial score (nSPS) is 18.9. The molecule has 5 nitrogen and oxygen atoms in total. The van der Waals surface area contributed by atoms with Crippen molar-refractivity contribution in [2.45, 2.75) is 25.2 Å². The molecule has 0 amide bonds. The Labute approximate surface area is 158 Å². The molecule has 2 aliphatic heterocycles. The number of hydrogen-bond acceptors (Lipinski definition) is 5. The predicted octanol–water partition coefficient (Wildman–Crippen LogP) is 2.92. The van der Waals surface area contributed by atoms with E-state index in [0.717, 1.165) is 13.2 Å². The summed E-state index contributed by atoms with van der Waals surface area (Å²) in [5, 5.41) is 2.67. The fourth-order valence-electron chi connectivity index (χ4n) is 3.51. The zero-order valence-corrected chi connectivity index (χ0v) is 14.9. The van der Waals surface area contributed by atoms with Crippen molar-refractivity contribution < 1.29 is 36.6 Å². The molecule has 1 N–H and O–H groups in total. The van der Waals surface area contributed by atoms with Crippen molar-refractivity contribution in [2.75, 3.05) is 20.4 Å². The first kappa shape index (κ1) is 19.9. The largest absolute Gasteiger partial charge is 0.466 e. The minimum Gasteiger partial charge on any atom is -0.466 e. The van der Waals surface area contributed by atoms with E-state index in [2.05, 4.69) is 5.32 Å². The second-order valence-corrected chi connectivity index (χ2v) is 6.28. The molecule has 150 valence electrons. The topological polar surface area (TPSA) is 64.6 Å². The van der Waals surface area contributed by atoms with Gasteiger partial charge in [-0.2, -0.15) is 0 Å². The molecule has 2 heterocycles. The minimum atomic E-state index is -2.66. The van der Waals surface area contributed by atoms with Gasteiger partial charge >= 0.3 is 11.9 Å². The summed E-state index contributed by atoms with van der Waals surface area (Å²) in [6, 6.07) is 3.86. The van der Waals surface area contributed by atoms with Crippen LogP contribution in [0.3, 0.4) is 0 Å². The van der Waals surface area contributed by atoms with Gasteiger partial charge in [-0.05, 0) is 23.6 Å². The van der Waals surface area contributed by atoms with Crippen LogP contribution in [-0.2, 0) is 25.5 Å². The van der Waals surface area contributed by atoms with Crippen molar-refractivity contribution in [1.29, 1.82) is 0 Å². The molecule has 0 bridgehead atoms. The summed E-state index contributed by atoms with van der Waals surface area (Å²) < 4.78 is 63.3. The molecule has 3 rings (SSSR count). The molecule has 0 radical (unpaired) electrons. The smallest absolute Gasteiger partial charge is 0.337 e. The molecule has 1 atom stereocenters. The van der Waals surface area contributed by atoms with Crippen molar-refractivity contribution in [1.82, 2.24) is 5.32 Å². The van der Waals surface area contributed by atoms with Crippen LogP contribution in [0.25, 0.3) is 0 Å². The number of allylic oxidation sites excluding steroid dienone is 1. The Morgan fingerprint density at radius 3 is 2.79 bits per heavy atom.